The zero-order valence-electron chi connectivity index (χ0n) is 24.5. The maximum absolute atomic E-state index is 13.9. The van der Waals surface area contributed by atoms with E-state index in [4.69, 9.17) is 14.2 Å². The molecule has 1 aliphatic rings. The number of aryl methyl sites for hydroxylation is 1. The molecular weight excluding hydrogens is 564 g/mol. The summed E-state index contributed by atoms with van der Waals surface area (Å²) in [5, 5.41) is 0. The minimum atomic E-state index is -0.650. The molecule has 0 unspecified atom stereocenters. The first kappa shape index (κ1) is 29.7. The summed E-state index contributed by atoms with van der Waals surface area (Å²) in [4.78, 5) is 44.0. The molecule has 1 atom stereocenters. The van der Waals surface area contributed by atoms with Crippen molar-refractivity contribution in [1.29, 1.82) is 0 Å². The van der Waals surface area contributed by atoms with Crippen LogP contribution in [0.5, 0.6) is 5.75 Å². The number of thiazole rings is 1. The maximum Gasteiger partial charge on any atom is 0.338 e. The van der Waals surface area contributed by atoms with Crippen molar-refractivity contribution >= 4 is 29.4 Å². The number of carbonyl (C=O) groups is 2. The molecule has 0 saturated carbocycles. The highest BCUT2D eigenvalue weighted by atomic mass is 32.1. The van der Waals surface area contributed by atoms with Crippen LogP contribution in [0.15, 0.2) is 93.9 Å². The highest BCUT2D eigenvalue weighted by Crippen LogP contribution is 2.31. The molecule has 0 aliphatic carbocycles. The number of fused-ring (bicyclic) bond motifs is 1. The first-order valence-electron chi connectivity index (χ1n) is 14.0. The Morgan fingerprint density at radius 3 is 2.33 bits per heavy atom. The van der Waals surface area contributed by atoms with Gasteiger partial charge in [0.1, 0.15) is 12.4 Å². The largest absolute Gasteiger partial charge is 0.489 e. The number of benzene rings is 3. The summed E-state index contributed by atoms with van der Waals surface area (Å²) in [7, 11) is 0. The lowest BCUT2D eigenvalue weighted by atomic mass is 9.95. The van der Waals surface area contributed by atoms with Crippen molar-refractivity contribution in [2.45, 2.75) is 40.3 Å². The molecule has 0 N–H and O–H groups in total. The molecule has 3 aromatic carbocycles. The van der Waals surface area contributed by atoms with Crippen LogP contribution in [0.4, 0.5) is 0 Å². The van der Waals surface area contributed by atoms with Gasteiger partial charge in [0.05, 0.1) is 40.6 Å². The van der Waals surface area contributed by atoms with Crippen molar-refractivity contribution in [2.75, 3.05) is 13.2 Å². The Labute approximate surface area is 253 Å². The number of aromatic nitrogens is 1. The van der Waals surface area contributed by atoms with E-state index in [0.29, 0.717) is 45.1 Å². The van der Waals surface area contributed by atoms with Crippen LogP contribution in [0, 0.1) is 6.92 Å². The minimum absolute atomic E-state index is 0.220. The molecule has 0 spiro atoms. The van der Waals surface area contributed by atoms with E-state index >= 15 is 0 Å². The van der Waals surface area contributed by atoms with Crippen LogP contribution in [0.2, 0.25) is 0 Å². The van der Waals surface area contributed by atoms with E-state index in [1.807, 2.05) is 67.6 Å². The fraction of sp³-hybridized carbons (Fsp3) is 0.235. The highest BCUT2D eigenvalue weighted by Gasteiger charge is 2.33. The summed E-state index contributed by atoms with van der Waals surface area (Å²) >= 11 is 1.28. The third kappa shape index (κ3) is 6.52. The second kappa shape index (κ2) is 13.0. The van der Waals surface area contributed by atoms with E-state index in [-0.39, 0.29) is 18.1 Å². The monoisotopic (exact) mass is 596 g/mol. The van der Waals surface area contributed by atoms with Gasteiger partial charge >= 0.3 is 11.9 Å². The van der Waals surface area contributed by atoms with Crippen molar-refractivity contribution in [3.05, 3.63) is 132 Å². The van der Waals surface area contributed by atoms with Crippen LogP contribution in [0.3, 0.4) is 0 Å². The molecule has 43 heavy (non-hydrogen) atoms. The summed E-state index contributed by atoms with van der Waals surface area (Å²) in [6, 6.07) is 21.7. The molecule has 1 aliphatic heterocycles. The molecule has 2 heterocycles. The molecule has 0 saturated heterocycles. The van der Waals surface area contributed by atoms with Gasteiger partial charge in [0, 0.05) is 0 Å². The van der Waals surface area contributed by atoms with Gasteiger partial charge in [0.2, 0.25) is 0 Å². The van der Waals surface area contributed by atoms with Crippen LogP contribution in [0.25, 0.3) is 6.08 Å². The highest BCUT2D eigenvalue weighted by molar-refractivity contribution is 7.07. The van der Waals surface area contributed by atoms with Crippen LogP contribution >= 0.6 is 11.3 Å². The molecule has 5 rings (SSSR count). The summed E-state index contributed by atoms with van der Waals surface area (Å²) in [5.41, 5.74) is 4.70. The van der Waals surface area contributed by atoms with Crippen LogP contribution < -0.4 is 19.6 Å². The maximum atomic E-state index is 13.9. The zero-order chi connectivity index (χ0) is 30.5. The standard InChI is InChI=1S/C34H32N2O6S/c1-5-40-32(38)26-16-12-23(13-17-26)20-42-27-9-7-8-24(18-27)19-28-31(37)36-30(25-14-10-21(3)11-15-25)29(33(39)41-6-2)22(4)35-34(36)43-28/h7-19,30H,5-6,20H2,1-4H3/b28-19-/t30-/m1/s1. The van der Waals surface area contributed by atoms with E-state index in [1.54, 1.807) is 43.5 Å². The van der Waals surface area contributed by atoms with Crippen molar-refractivity contribution in [3.8, 4) is 5.75 Å². The lowest BCUT2D eigenvalue weighted by Crippen LogP contribution is -2.39. The number of rotatable bonds is 9. The van der Waals surface area contributed by atoms with Gasteiger partial charge in [-0.15, -0.1) is 0 Å². The normalized spacial score (nSPS) is 14.6. The van der Waals surface area contributed by atoms with Crippen molar-refractivity contribution in [2.24, 2.45) is 4.99 Å². The average Bonchev–Trinajstić information content (AvgIpc) is 3.30. The zero-order valence-corrected chi connectivity index (χ0v) is 25.3. The molecule has 1 aromatic heterocycles. The molecule has 0 bridgehead atoms. The average molecular weight is 597 g/mol. The second-order valence-corrected chi connectivity index (χ2v) is 11.0. The number of hydrogen-bond donors (Lipinski definition) is 0. The van der Waals surface area contributed by atoms with Gasteiger partial charge in [-0.2, -0.15) is 0 Å². The Morgan fingerprint density at radius 1 is 0.930 bits per heavy atom. The summed E-state index contributed by atoms with van der Waals surface area (Å²) in [6.45, 7) is 8.14. The molecular formula is C34H32N2O6S. The predicted molar refractivity (Wildman–Crippen MR) is 165 cm³/mol. The second-order valence-electron chi connectivity index (χ2n) is 9.99. The Balaban J connectivity index is 1.45. The number of nitrogens with zero attached hydrogens (tertiary/aromatic N) is 2. The SMILES string of the molecule is CCOC(=O)C1=C(C)N=c2s/c(=C\c3cccc(OCc4ccc(C(=O)OCC)cc4)c3)c(=O)n2[C@@H]1c1ccc(C)cc1. The van der Waals surface area contributed by atoms with Crippen molar-refractivity contribution < 1.29 is 23.8 Å². The molecule has 220 valence electrons. The summed E-state index contributed by atoms with van der Waals surface area (Å²) in [6.07, 6.45) is 1.81. The topological polar surface area (TPSA) is 96.2 Å². The Morgan fingerprint density at radius 2 is 1.63 bits per heavy atom. The van der Waals surface area contributed by atoms with Gasteiger partial charge in [-0.3, -0.25) is 9.36 Å². The van der Waals surface area contributed by atoms with Gasteiger partial charge in [-0.05, 0) is 74.7 Å². The Bertz CT molecular complexity index is 1870. The molecule has 4 aromatic rings. The van der Waals surface area contributed by atoms with E-state index in [1.165, 1.54) is 11.3 Å². The summed E-state index contributed by atoms with van der Waals surface area (Å²) < 4.78 is 18.5. The number of allylic oxidation sites excluding steroid dienone is 1. The molecule has 9 heteroatoms. The third-order valence-corrected chi connectivity index (χ3v) is 7.92. The lowest BCUT2D eigenvalue weighted by Gasteiger charge is -2.24. The van der Waals surface area contributed by atoms with Gasteiger partial charge < -0.3 is 14.2 Å². The van der Waals surface area contributed by atoms with Crippen molar-refractivity contribution in [3.63, 3.8) is 0 Å². The van der Waals surface area contributed by atoms with E-state index in [2.05, 4.69) is 4.99 Å². The Hall–Kier alpha value is -4.76. The Kier molecular flexibility index (Phi) is 9.01. The number of esters is 2. The van der Waals surface area contributed by atoms with E-state index in [9.17, 15) is 14.4 Å². The molecule has 0 amide bonds. The quantitative estimate of drug-likeness (QED) is 0.256. The summed E-state index contributed by atoms with van der Waals surface area (Å²) in [5.74, 6) is -0.205. The molecule has 0 fully saturated rings. The van der Waals surface area contributed by atoms with Gasteiger partial charge in [0.15, 0.2) is 4.80 Å². The van der Waals surface area contributed by atoms with Crippen LogP contribution in [-0.4, -0.2) is 29.7 Å². The van der Waals surface area contributed by atoms with E-state index in [0.717, 1.165) is 22.3 Å². The minimum Gasteiger partial charge on any atom is -0.489 e. The fourth-order valence-corrected chi connectivity index (χ4v) is 5.87. The molecule has 8 nitrogen and oxygen atoms in total. The predicted octanol–water partition coefficient (Wildman–Crippen LogP) is 4.86. The number of carbonyl (C=O) groups excluding carboxylic acids is 2. The first-order valence-corrected chi connectivity index (χ1v) is 14.9. The van der Waals surface area contributed by atoms with Crippen LogP contribution in [0.1, 0.15) is 59.4 Å². The van der Waals surface area contributed by atoms with Gasteiger partial charge in [0.25, 0.3) is 5.56 Å². The van der Waals surface area contributed by atoms with E-state index < -0.39 is 12.0 Å². The number of ether oxygens (including phenoxy) is 3. The number of hydrogen-bond acceptors (Lipinski definition) is 8. The van der Waals surface area contributed by atoms with Crippen molar-refractivity contribution in [1.82, 2.24) is 4.57 Å². The fourth-order valence-electron chi connectivity index (χ4n) is 4.82. The third-order valence-electron chi connectivity index (χ3n) is 6.94. The van der Waals surface area contributed by atoms with Crippen LogP contribution in [-0.2, 0) is 20.9 Å². The lowest BCUT2D eigenvalue weighted by molar-refractivity contribution is -0.139. The van der Waals surface area contributed by atoms with Gasteiger partial charge in [-0.1, -0.05) is 65.4 Å². The first-order chi connectivity index (χ1) is 20.8. The molecule has 0 radical (unpaired) electrons. The smallest absolute Gasteiger partial charge is 0.338 e. The van der Waals surface area contributed by atoms with Gasteiger partial charge in [-0.25, -0.2) is 14.6 Å².